The number of rotatable bonds is 6. The van der Waals surface area contributed by atoms with Gasteiger partial charge in [-0.25, -0.2) is 13.9 Å². The van der Waals surface area contributed by atoms with Crippen molar-refractivity contribution in [3.63, 3.8) is 0 Å². The lowest BCUT2D eigenvalue weighted by Gasteiger charge is -2.18. The quantitative estimate of drug-likeness (QED) is 0.294. The molecule has 1 saturated heterocycles. The van der Waals surface area contributed by atoms with E-state index < -0.39 is 51.8 Å². The zero-order chi connectivity index (χ0) is 18.1. The van der Waals surface area contributed by atoms with E-state index in [1.807, 2.05) is 4.98 Å². The first-order valence-corrected chi connectivity index (χ1v) is 9.63. The number of aromatic amines is 1. The van der Waals surface area contributed by atoms with Crippen molar-refractivity contribution in [1.82, 2.24) is 14.4 Å². The fourth-order valence-electron chi connectivity index (χ4n) is 2.06. The molecule has 1 aromatic rings. The summed E-state index contributed by atoms with van der Waals surface area (Å²) in [4.78, 5) is 52.2. The van der Waals surface area contributed by atoms with Crippen LogP contribution in [0.25, 0.3) is 0 Å². The largest absolute Gasteiger partial charge is 0.412 e. The number of ether oxygens (including phenoxy) is 1. The maximum Gasteiger partial charge on any atom is 0.412 e. The molecule has 0 aliphatic carbocycles. The first-order valence-electron chi connectivity index (χ1n) is 6.44. The number of nitrogens with one attached hydrogen (secondary N) is 2. The van der Waals surface area contributed by atoms with E-state index in [-0.39, 0.29) is 6.42 Å². The topological polar surface area (TPSA) is 200 Å². The van der Waals surface area contributed by atoms with E-state index in [4.69, 9.17) is 14.5 Å². The first-order chi connectivity index (χ1) is 11.0. The van der Waals surface area contributed by atoms with Crippen LogP contribution in [0.5, 0.6) is 0 Å². The lowest BCUT2D eigenvalue weighted by atomic mass is 10.2. The molecular formula is C9H15N3O10P2. The number of hydrogen-bond acceptors (Lipinski definition) is 7. The van der Waals surface area contributed by atoms with Crippen molar-refractivity contribution in [2.45, 2.75) is 24.9 Å². The molecule has 2 heterocycles. The monoisotopic (exact) mass is 387 g/mol. The van der Waals surface area contributed by atoms with Gasteiger partial charge in [-0.2, -0.15) is 0 Å². The highest BCUT2D eigenvalue weighted by atomic mass is 31.3. The summed E-state index contributed by atoms with van der Waals surface area (Å²) in [6.45, 7) is -0.670. The second kappa shape index (κ2) is 7.00. The molecule has 0 bridgehead atoms. The van der Waals surface area contributed by atoms with Gasteiger partial charge in [0.15, 0.2) is 0 Å². The average Bonchev–Trinajstić information content (AvgIpc) is 2.75. The highest BCUT2D eigenvalue weighted by Gasteiger charge is 2.38. The van der Waals surface area contributed by atoms with Crippen LogP contribution < -0.4 is 16.1 Å². The summed E-state index contributed by atoms with van der Waals surface area (Å²) in [7, 11) is -9.83. The van der Waals surface area contributed by atoms with Crippen molar-refractivity contribution >= 4 is 15.5 Å². The molecule has 2 unspecified atom stereocenters. The Morgan fingerprint density at radius 1 is 1.38 bits per heavy atom. The Kier molecular flexibility index (Phi) is 5.60. The molecule has 13 nitrogen and oxygen atoms in total. The Hall–Kier alpha value is -1.14. The molecule has 0 spiro atoms. The standard InChI is InChI=1S/C9H15N3O10P2/c13-5-3-8(12-2-1-7(14)10-9(12)15)22-6(5)4-21-24(19,20)11-23(16,17)18/h1-2,5-6,8,13H,3-4H2,(H,10,14,15)(H4,11,16,17,18,19,20)/t5?,6-,8-/m1/s1. The number of hydrogen-bond donors (Lipinski definition) is 6. The number of H-pyrrole nitrogens is 1. The van der Waals surface area contributed by atoms with Crippen molar-refractivity contribution in [3.8, 4) is 0 Å². The van der Waals surface area contributed by atoms with E-state index in [1.54, 1.807) is 0 Å². The summed E-state index contributed by atoms with van der Waals surface area (Å²) in [5, 5.41) is 9.86. The molecule has 0 aromatic carbocycles. The normalized spacial score (nSPS) is 27.1. The van der Waals surface area contributed by atoms with E-state index >= 15 is 0 Å². The summed E-state index contributed by atoms with van der Waals surface area (Å²) >= 11 is 0. The van der Waals surface area contributed by atoms with E-state index in [0.29, 0.717) is 0 Å². The molecule has 1 fully saturated rings. The zero-order valence-corrected chi connectivity index (χ0v) is 13.7. The summed E-state index contributed by atoms with van der Waals surface area (Å²) < 4.78 is 32.9. The van der Waals surface area contributed by atoms with E-state index in [0.717, 1.165) is 21.7 Å². The van der Waals surface area contributed by atoms with Crippen LogP contribution >= 0.6 is 15.5 Å². The van der Waals surface area contributed by atoms with Gasteiger partial charge in [-0.15, -0.1) is 4.86 Å². The van der Waals surface area contributed by atoms with Crippen LogP contribution in [0, 0.1) is 0 Å². The number of nitrogens with zero attached hydrogens (tertiary/aromatic N) is 1. The Labute approximate surface area is 133 Å². The van der Waals surface area contributed by atoms with Gasteiger partial charge in [0, 0.05) is 18.7 Å². The third-order valence-corrected chi connectivity index (χ3v) is 5.59. The third-order valence-electron chi connectivity index (χ3n) is 3.04. The second-order valence-corrected chi connectivity index (χ2v) is 8.10. The van der Waals surface area contributed by atoms with Crippen LogP contribution in [0.2, 0.25) is 0 Å². The first kappa shape index (κ1) is 19.2. The van der Waals surface area contributed by atoms with Crippen molar-refractivity contribution in [3.05, 3.63) is 33.1 Å². The second-order valence-electron chi connectivity index (χ2n) is 4.91. The van der Waals surface area contributed by atoms with Crippen LogP contribution in [-0.2, 0) is 18.4 Å². The number of aliphatic hydroxyl groups excluding tert-OH is 1. The van der Waals surface area contributed by atoms with Crippen LogP contribution in [0.4, 0.5) is 0 Å². The van der Waals surface area contributed by atoms with Gasteiger partial charge in [0.25, 0.3) is 5.56 Å². The molecule has 6 N–H and O–H groups in total. The highest BCUT2D eigenvalue weighted by molar-refractivity contribution is 7.66. The molecule has 24 heavy (non-hydrogen) atoms. The van der Waals surface area contributed by atoms with E-state index in [9.17, 15) is 28.7 Å². The maximum atomic E-state index is 11.6. The molecule has 4 atom stereocenters. The maximum absolute atomic E-state index is 11.6. The summed E-state index contributed by atoms with van der Waals surface area (Å²) in [5.74, 6) is 0. The van der Waals surface area contributed by atoms with Crippen molar-refractivity contribution in [2.75, 3.05) is 6.61 Å². The van der Waals surface area contributed by atoms with Crippen molar-refractivity contribution in [1.29, 1.82) is 0 Å². The predicted molar refractivity (Wildman–Crippen MR) is 76.8 cm³/mol. The smallest absolute Gasteiger partial charge is 0.390 e. The van der Waals surface area contributed by atoms with Gasteiger partial charge in [0.2, 0.25) is 0 Å². The number of aromatic nitrogens is 2. The van der Waals surface area contributed by atoms with Gasteiger partial charge < -0.3 is 24.5 Å². The average molecular weight is 387 g/mol. The molecule has 1 aromatic heterocycles. The fourth-order valence-corrected chi connectivity index (χ4v) is 3.95. The van der Waals surface area contributed by atoms with E-state index in [1.165, 1.54) is 0 Å². The minimum atomic E-state index is -5.01. The van der Waals surface area contributed by atoms with Crippen molar-refractivity contribution < 1.29 is 38.2 Å². The zero-order valence-electron chi connectivity index (χ0n) is 11.9. The Morgan fingerprint density at radius 3 is 2.62 bits per heavy atom. The summed E-state index contributed by atoms with van der Waals surface area (Å²) in [6, 6.07) is 1.08. The van der Waals surface area contributed by atoms with Crippen LogP contribution in [-0.4, -0.2) is 48.2 Å². The summed E-state index contributed by atoms with van der Waals surface area (Å²) in [5.41, 5.74) is -1.38. The van der Waals surface area contributed by atoms with Gasteiger partial charge in [-0.3, -0.25) is 18.9 Å². The van der Waals surface area contributed by atoms with Crippen LogP contribution in [0.3, 0.4) is 0 Å². The van der Waals surface area contributed by atoms with Crippen LogP contribution in [0.15, 0.2) is 21.9 Å². The van der Waals surface area contributed by atoms with E-state index in [2.05, 4.69) is 4.52 Å². The van der Waals surface area contributed by atoms with Gasteiger partial charge in [0.1, 0.15) is 12.3 Å². The Balaban J connectivity index is 2.01. The van der Waals surface area contributed by atoms with Gasteiger partial charge in [-0.1, -0.05) is 0 Å². The minimum absolute atomic E-state index is 0.0678. The lowest BCUT2D eigenvalue weighted by molar-refractivity contribution is -0.0426. The fraction of sp³-hybridized carbons (Fsp3) is 0.556. The molecule has 15 heteroatoms. The Morgan fingerprint density at radius 2 is 2.04 bits per heavy atom. The molecule has 2 rings (SSSR count). The molecule has 0 saturated carbocycles. The van der Waals surface area contributed by atoms with Gasteiger partial charge in [0.05, 0.1) is 12.7 Å². The molecule has 0 radical (unpaired) electrons. The Bertz CT molecular complexity index is 799. The molecular weight excluding hydrogens is 372 g/mol. The van der Waals surface area contributed by atoms with Crippen molar-refractivity contribution in [2.24, 2.45) is 0 Å². The number of aliphatic hydroxyl groups is 1. The molecule has 1 aliphatic heterocycles. The lowest BCUT2D eigenvalue weighted by Crippen LogP contribution is -2.31. The van der Waals surface area contributed by atoms with Gasteiger partial charge >= 0.3 is 21.2 Å². The molecule has 136 valence electrons. The van der Waals surface area contributed by atoms with Crippen LogP contribution in [0.1, 0.15) is 12.6 Å². The SMILES string of the molecule is O=c1ccn([C@H]2CC(O)[C@@H](COP(=O)(O)NP(=O)(O)O)O2)c(=O)[nH]1. The molecule has 1 aliphatic rings. The predicted octanol–water partition coefficient (Wildman–Crippen LogP) is -2.02. The minimum Gasteiger partial charge on any atom is -0.390 e. The highest BCUT2D eigenvalue weighted by Crippen LogP contribution is 2.48. The third kappa shape index (κ3) is 5.18. The van der Waals surface area contributed by atoms with Gasteiger partial charge in [-0.05, 0) is 0 Å². The summed E-state index contributed by atoms with van der Waals surface area (Å²) in [6.07, 6.45) is -2.17. The molecule has 0 amide bonds.